The summed E-state index contributed by atoms with van der Waals surface area (Å²) in [5.41, 5.74) is 1.27. The number of carbonyl (C=O) groups excluding carboxylic acids is 2. The maximum absolute atomic E-state index is 14.4. The van der Waals surface area contributed by atoms with Crippen LogP contribution in [-0.4, -0.2) is 69.2 Å². The van der Waals surface area contributed by atoms with Crippen molar-refractivity contribution in [1.29, 1.82) is 0 Å². The Morgan fingerprint density at radius 1 is 1.17 bits per heavy atom. The SMILES string of the molecule is CS(=O)(=O)N[C@H](CCC1CCNCC1)C(=O)N1C[C@H](OCc2ccc(Br)cc2F)C[C@@H]1C(=O)NCc1ccccc1. The molecule has 0 radical (unpaired) electrons. The smallest absolute Gasteiger partial charge is 0.243 e. The third-order valence-electron chi connectivity index (χ3n) is 7.62. The van der Waals surface area contributed by atoms with Crippen LogP contribution in [-0.2, 0) is 37.5 Å². The van der Waals surface area contributed by atoms with Crippen LogP contribution in [0, 0.1) is 11.7 Å². The molecule has 4 rings (SSSR count). The highest BCUT2D eigenvalue weighted by molar-refractivity contribution is 9.10. The van der Waals surface area contributed by atoms with E-state index < -0.39 is 39.9 Å². The van der Waals surface area contributed by atoms with Gasteiger partial charge in [0.05, 0.1) is 19.0 Å². The first-order chi connectivity index (χ1) is 19.6. The summed E-state index contributed by atoms with van der Waals surface area (Å²) in [5.74, 6) is -0.823. The van der Waals surface area contributed by atoms with E-state index in [2.05, 4.69) is 31.3 Å². The van der Waals surface area contributed by atoms with Gasteiger partial charge in [-0.25, -0.2) is 17.5 Å². The Hall–Kier alpha value is -2.38. The van der Waals surface area contributed by atoms with Crippen LogP contribution in [0.2, 0.25) is 0 Å². The number of carbonyl (C=O) groups is 2. The number of sulfonamides is 1. The molecule has 2 fully saturated rings. The summed E-state index contributed by atoms with van der Waals surface area (Å²) in [6, 6.07) is 12.3. The number of hydrogen-bond acceptors (Lipinski definition) is 6. The van der Waals surface area contributed by atoms with Crippen molar-refractivity contribution in [3.05, 3.63) is 69.9 Å². The van der Waals surface area contributed by atoms with Gasteiger partial charge in [-0.05, 0) is 62.4 Å². The Bertz CT molecular complexity index is 1290. The molecule has 0 aromatic heterocycles. The lowest BCUT2D eigenvalue weighted by atomic mass is 9.91. The van der Waals surface area contributed by atoms with E-state index in [1.165, 1.54) is 11.0 Å². The molecule has 2 aliphatic rings. The normalized spacial score (nSPS) is 20.6. The average Bonchev–Trinajstić information content (AvgIpc) is 3.38. The molecule has 0 saturated carbocycles. The minimum absolute atomic E-state index is 0.0229. The van der Waals surface area contributed by atoms with E-state index in [0.29, 0.717) is 28.8 Å². The molecular formula is C29H38BrFN4O5S. The lowest BCUT2D eigenvalue weighted by Crippen LogP contribution is -2.53. The first-order valence-electron chi connectivity index (χ1n) is 13.9. The topological polar surface area (TPSA) is 117 Å². The highest BCUT2D eigenvalue weighted by atomic mass is 79.9. The number of rotatable bonds is 12. The van der Waals surface area contributed by atoms with Gasteiger partial charge in [0.15, 0.2) is 0 Å². The summed E-state index contributed by atoms with van der Waals surface area (Å²) in [6.45, 7) is 2.16. The van der Waals surface area contributed by atoms with E-state index in [0.717, 1.165) is 37.8 Å². The molecule has 2 amide bonds. The molecule has 3 N–H and O–H groups in total. The molecule has 2 saturated heterocycles. The summed E-state index contributed by atoms with van der Waals surface area (Å²) in [6.07, 6.45) is 3.68. The first kappa shape index (κ1) is 31.6. The molecule has 2 aliphatic heterocycles. The third-order valence-corrected chi connectivity index (χ3v) is 8.83. The number of likely N-dealkylation sites (tertiary alicyclic amines) is 1. The van der Waals surface area contributed by atoms with Gasteiger partial charge in [0.25, 0.3) is 0 Å². The van der Waals surface area contributed by atoms with Gasteiger partial charge >= 0.3 is 0 Å². The van der Waals surface area contributed by atoms with Crippen molar-refractivity contribution in [2.75, 3.05) is 25.9 Å². The van der Waals surface area contributed by atoms with Crippen LogP contribution < -0.4 is 15.4 Å². The number of benzene rings is 2. The number of nitrogens with zero attached hydrogens (tertiary/aromatic N) is 1. The number of halogens is 2. The van der Waals surface area contributed by atoms with Crippen molar-refractivity contribution in [3.8, 4) is 0 Å². The highest BCUT2D eigenvalue weighted by Crippen LogP contribution is 2.26. The van der Waals surface area contributed by atoms with Gasteiger partial charge in [-0.1, -0.05) is 52.3 Å². The van der Waals surface area contributed by atoms with Crippen molar-refractivity contribution in [2.24, 2.45) is 5.92 Å². The molecule has 41 heavy (non-hydrogen) atoms. The largest absolute Gasteiger partial charge is 0.371 e. The van der Waals surface area contributed by atoms with Crippen LogP contribution in [0.5, 0.6) is 0 Å². The molecule has 0 aliphatic carbocycles. The molecule has 2 aromatic rings. The summed E-state index contributed by atoms with van der Waals surface area (Å²) in [7, 11) is -3.69. The summed E-state index contributed by atoms with van der Waals surface area (Å²) in [4.78, 5) is 28.7. The van der Waals surface area contributed by atoms with Gasteiger partial charge < -0.3 is 20.3 Å². The fraction of sp³-hybridized carbons (Fsp3) is 0.517. The second-order valence-corrected chi connectivity index (χ2v) is 13.5. The molecule has 12 heteroatoms. The van der Waals surface area contributed by atoms with Gasteiger partial charge in [0.1, 0.15) is 17.9 Å². The molecule has 2 heterocycles. The van der Waals surface area contributed by atoms with Gasteiger partial charge in [-0.15, -0.1) is 0 Å². The molecular weight excluding hydrogens is 615 g/mol. The van der Waals surface area contributed by atoms with Crippen molar-refractivity contribution < 1.29 is 27.1 Å². The second-order valence-electron chi connectivity index (χ2n) is 10.8. The van der Waals surface area contributed by atoms with E-state index in [1.54, 1.807) is 12.1 Å². The lowest BCUT2D eigenvalue weighted by molar-refractivity contribution is -0.140. The zero-order valence-electron chi connectivity index (χ0n) is 23.2. The minimum Gasteiger partial charge on any atom is -0.371 e. The monoisotopic (exact) mass is 652 g/mol. The maximum Gasteiger partial charge on any atom is 0.243 e. The van der Waals surface area contributed by atoms with Gasteiger partial charge in [-0.2, -0.15) is 0 Å². The maximum atomic E-state index is 14.4. The predicted octanol–water partition coefficient (Wildman–Crippen LogP) is 3.09. The molecule has 3 atom stereocenters. The molecule has 9 nitrogen and oxygen atoms in total. The zero-order chi connectivity index (χ0) is 29.4. The molecule has 2 aromatic carbocycles. The van der Waals surface area contributed by atoms with Crippen molar-refractivity contribution in [3.63, 3.8) is 0 Å². The highest BCUT2D eigenvalue weighted by Gasteiger charge is 2.42. The minimum atomic E-state index is -3.69. The van der Waals surface area contributed by atoms with E-state index in [9.17, 15) is 22.4 Å². The van der Waals surface area contributed by atoms with Crippen molar-refractivity contribution in [2.45, 2.75) is 63.4 Å². The number of amides is 2. The van der Waals surface area contributed by atoms with Crippen LogP contribution in [0.4, 0.5) is 4.39 Å². The number of ether oxygens (including phenoxy) is 1. The van der Waals surface area contributed by atoms with Crippen molar-refractivity contribution in [1.82, 2.24) is 20.3 Å². The Balaban J connectivity index is 1.49. The van der Waals surface area contributed by atoms with E-state index in [1.807, 2.05) is 30.3 Å². The van der Waals surface area contributed by atoms with Crippen LogP contribution in [0.25, 0.3) is 0 Å². The van der Waals surface area contributed by atoms with Crippen LogP contribution in [0.15, 0.2) is 53.0 Å². The number of hydrogen-bond donors (Lipinski definition) is 3. The van der Waals surface area contributed by atoms with Crippen molar-refractivity contribution >= 4 is 37.8 Å². The molecule has 0 bridgehead atoms. The zero-order valence-corrected chi connectivity index (χ0v) is 25.6. The van der Waals surface area contributed by atoms with E-state index >= 15 is 0 Å². The summed E-state index contributed by atoms with van der Waals surface area (Å²) < 4.78 is 48.0. The third kappa shape index (κ3) is 9.57. The Kier molecular flexibility index (Phi) is 11.3. The van der Waals surface area contributed by atoms with Gasteiger partial charge in [0, 0.05) is 29.5 Å². The fourth-order valence-electron chi connectivity index (χ4n) is 5.42. The van der Waals surface area contributed by atoms with E-state index in [-0.39, 0.29) is 32.0 Å². The number of nitrogens with one attached hydrogen (secondary N) is 3. The molecule has 0 spiro atoms. The summed E-state index contributed by atoms with van der Waals surface area (Å²) >= 11 is 3.24. The summed E-state index contributed by atoms with van der Waals surface area (Å²) in [5, 5.41) is 6.22. The Morgan fingerprint density at radius 2 is 1.90 bits per heavy atom. The standard InChI is InChI=1S/C29H38BrFN4O5S/c1-41(38,39)34-26(10-7-20-11-13-32-14-12-20)29(37)35-18-24(40-19-22-8-9-23(30)15-25(22)31)16-27(35)28(36)33-17-21-5-3-2-4-6-21/h2-6,8-9,15,20,24,26-27,32,34H,7,10-14,16-19H2,1H3,(H,33,36)/t24-,26-,27-/m1/s1. The van der Waals surface area contributed by atoms with Crippen LogP contribution in [0.3, 0.4) is 0 Å². The lowest BCUT2D eigenvalue weighted by Gasteiger charge is -2.30. The Labute approximate surface area is 249 Å². The average molecular weight is 654 g/mol. The van der Waals surface area contributed by atoms with Gasteiger partial charge in [-0.3, -0.25) is 9.59 Å². The molecule has 0 unspecified atom stereocenters. The van der Waals surface area contributed by atoms with E-state index in [4.69, 9.17) is 4.74 Å². The molecule has 224 valence electrons. The second kappa shape index (κ2) is 14.7. The fourth-order valence-corrected chi connectivity index (χ4v) is 6.49. The van der Waals surface area contributed by atoms with Crippen LogP contribution in [0.1, 0.15) is 43.2 Å². The van der Waals surface area contributed by atoms with Gasteiger partial charge in [0.2, 0.25) is 21.8 Å². The Morgan fingerprint density at radius 3 is 2.59 bits per heavy atom. The quantitative estimate of drug-likeness (QED) is 0.325. The van der Waals surface area contributed by atoms with Crippen LogP contribution >= 0.6 is 15.9 Å². The predicted molar refractivity (Wildman–Crippen MR) is 158 cm³/mol. The first-order valence-corrected chi connectivity index (χ1v) is 16.6. The number of piperidine rings is 1.